The molecule has 1 aliphatic rings. The first-order chi connectivity index (χ1) is 7.40. The molecule has 0 aromatic carbocycles. The third kappa shape index (κ3) is 2.97. The van der Waals surface area contributed by atoms with Gasteiger partial charge in [-0.05, 0) is 19.1 Å². The molecule has 1 aliphatic carbocycles. The maximum absolute atomic E-state index is 4.59. The van der Waals surface area contributed by atoms with Crippen LogP contribution in [0, 0.1) is 0 Å². The average molecular weight is 225 g/mol. The summed E-state index contributed by atoms with van der Waals surface area (Å²) in [5.41, 5.74) is 0. The van der Waals surface area contributed by atoms with Gasteiger partial charge in [-0.3, -0.25) is 5.10 Å². The molecule has 0 saturated heterocycles. The molecule has 1 heterocycles. The monoisotopic (exact) mass is 225 g/mol. The highest BCUT2D eigenvalue weighted by Crippen LogP contribution is 2.30. The van der Waals surface area contributed by atoms with Gasteiger partial charge in [-0.1, -0.05) is 19.3 Å². The summed E-state index contributed by atoms with van der Waals surface area (Å²) in [6, 6.07) is 0. The first kappa shape index (κ1) is 11.0. The van der Waals surface area contributed by atoms with Crippen LogP contribution in [0.2, 0.25) is 0 Å². The van der Waals surface area contributed by atoms with Gasteiger partial charge in [-0.15, -0.1) is 0 Å². The molecule has 1 aromatic heterocycles. The normalized spacial score (nSPS) is 18.2. The highest BCUT2D eigenvalue weighted by Gasteiger charge is 2.19. The third-order valence-corrected chi connectivity index (χ3v) is 3.67. The van der Waals surface area contributed by atoms with Crippen LogP contribution in [0.4, 0.5) is 0 Å². The first-order valence-electron chi connectivity index (χ1n) is 5.80. The van der Waals surface area contributed by atoms with Crippen molar-refractivity contribution in [3.8, 4) is 0 Å². The molecule has 1 saturated carbocycles. The number of hydrogen-bond acceptors (Lipinski definition) is 3. The zero-order valence-electron chi connectivity index (χ0n) is 9.33. The van der Waals surface area contributed by atoms with Crippen LogP contribution in [0.3, 0.4) is 0 Å². The molecule has 0 amide bonds. The smallest absolute Gasteiger partial charge is 0.153 e. The average Bonchev–Trinajstić information content (AvgIpc) is 2.76. The fraction of sp³-hybridized carbons (Fsp3) is 0.818. The van der Waals surface area contributed by atoms with Crippen LogP contribution in [-0.4, -0.2) is 27.2 Å². The van der Waals surface area contributed by atoms with Crippen molar-refractivity contribution < 1.29 is 0 Å². The van der Waals surface area contributed by atoms with Crippen molar-refractivity contribution in [2.75, 3.05) is 12.0 Å². The van der Waals surface area contributed by atoms with E-state index in [0.29, 0.717) is 5.92 Å². The Labute approximate surface area is 95.5 Å². The molecule has 1 aromatic rings. The Bertz CT molecular complexity index is 292. The zero-order chi connectivity index (χ0) is 10.5. The summed E-state index contributed by atoms with van der Waals surface area (Å²) in [4.78, 5) is 4.59. The van der Waals surface area contributed by atoms with Crippen molar-refractivity contribution in [3.63, 3.8) is 0 Å². The Hall–Kier alpha value is -0.510. The van der Waals surface area contributed by atoms with Crippen molar-refractivity contribution in [2.45, 2.75) is 44.4 Å². The number of aromatic amines is 1. The fourth-order valence-electron chi connectivity index (χ4n) is 2.16. The molecule has 0 bridgehead atoms. The summed E-state index contributed by atoms with van der Waals surface area (Å²) in [6.07, 6.45) is 9.78. The second-order valence-corrected chi connectivity index (χ2v) is 5.20. The summed E-state index contributed by atoms with van der Waals surface area (Å²) in [5, 5.41) is 7.41. The molecule has 0 aliphatic heterocycles. The summed E-state index contributed by atoms with van der Waals surface area (Å²) in [7, 11) is 0. The van der Waals surface area contributed by atoms with E-state index in [1.165, 1.54) is 32.1 Å². The number of H-pyrrole nitrogens is 1. The van der Waals surface area contributed by atoms with E-state index in [-0.39, 0.29) is 0 Å². The van der Waals surface area contributed by atoms with Gasteiger partial charge in [0.25, 0.3) is 0 Å². The van der Waals surface area contributed by atoms with Crippen LogP contribution in [0.5, 0.6) is 0 Å². The van der Waals surface area contributed by atoms with Crippen LogP contribution >= 0.6 is 11.8 Å². The number of thioether (sulfide) groups is 1. The van der Waals surface area contributed by atoms with E-state index in [1.54, 1.807) is 0 Å². The molecule has 0 atom stereocenters. The summed E-state index contributed by atoms with van der Waals surface area (Å²) < 4.78 is 0. The fourth-order valence-corrected chi connectivity index (χ4v) is 2.56. The van der Waals surface area contributed by atoms with Gasteiger partial charge in [0.15, 0.2) is 5.82 Å². The second kappa shape index (κ2) is 5.54. The molecule has 3 nitrogen and oxygen atoms in total. The van der Waals surface area contributed by atoms with Crippen molar-refractivity contribution >= 4 is 11.8 Å². The van der Waals surface area contributed by atoms with Gasteiger partial charge in [0.2, 0.25) is 0 Å². The topological polar surface area (TPSA) is 41.6 Å². The largest absolute Gasteiger partial charge is 0.263 e. The molecule has 15 heavy (non-hydrogen) atoms. The number of aromatic nitrogens is 3. The summed E-state index contributed by atoms with van der Waals surface area (Å²) in [6.45, 7) is 0. The van der Waals surface area contributed by atoms with Gasteiger partial charge in [0.1, 0.15) is 5.82 Å². The zero-order valence-corrected chi connectivity index (χ0v) is 10.1. The van der Waals surface area contributed by atoms with Gasteiger partial charge >= 0.3 is 0 Å². The number of nitrogens with zero attached hydrogens (tertiary/aromatic N) is 2. The molecule has 1 N–H and O–H groups in total. The van der Waals surface area contributed by atoms with E-state index in [9.17, 15) is 0 Å². The minimum absolute atomic E-state index is 0.623. The lowest BCUT2D eigenvalue weighted by atomic mass is 9.89. The molecule has 0 spiro atoms. The van der Waals surface area contributed by atoms with Crippen molar-refractivity contribution in [3.05, 3.63) is 11.6 Å². The Kier molecular flexibility index (Phi) is 4.06. The quantitative estimate of drug-likeness (QED) is 0.856. The van der Waals surface area contributed by atoms with Crippen LogP contribution < -0.4 is 0 Å². The molecule has 1 fully saturated rings. The maximum atomic E-state index is 4.59. The van der Waals surface area contributed by atoms with E-state index in [4.69, 9.17) is 0 Å². The van der Waals surface area contributed by atoms with Crippen LogP contribution in [0.25, 0.3) is 0 Å². The van der Waals surface area contributed by atoms with Gasteiger partial charge in [-0.25, -0.2) is 4.98 Å². The second-order valence-electron chi connectivity index (χ2n) is 4.22. The molecule has 84 valence electrons. The molecular formula is C11H19N3S. The van der Waals surface area contributed by atoms with Crippen molar-refractivity contribution in [1.29, 1.82) is 0 Å². The lowest BCUT2D eigenvalue weighted by Crippen LogP contribution is -2.06. The van der Waals surface area contributed by atoms with Gasteiger partial charge in [-0.2, -0.15) is 16.9 Å². The molecular weight excluding hydrogens is 206 g/mol. The predicted octanol–water partition coefficient (Wildman–Crippen LogP) is 2.76. The number of hydrogen-bond donors (Lipinski definition) is 1. The summed E-state index contributed by atoms with van der Waals surface area (Å²) in [5.74, 6) is 3.87. The number of aryl methyl sites for hydroxylation is 1. The minimum atomic E-state index is 0.623. The lowest BCUT2D eigenvalue weighted by Gasteiger charge is -2.17. The van der Waals surface area contributed by atoms with E-state index in [1.807, 2.05) is 11.8 Å². The van der Waals surface area contributed by atoms with Crippen molar-refractivity contribution in [1.82, 2.24) is 15.2 Å². The molecule has 0 unspecified atom stereocenters. The van der Waals surface area contributed by atoms with E-state index >= 15 is 0 Å². The lowest BCUT2D eigenvalue weighted by molar-refractivity contribution is 0.429. The van der Waals surface area contributed by atoms with Crippen LogP contribution in [-0.2, 0) is 6.42 Å². The van der Waals surface area contributed by atoms with E-state index in [2.05, 4.69) is 21.4 Å². The van der Waals surface area contributed by atoms with Gasteiger partial charge in [0, 0.05) is 18.1 Å². The molecule has 0 radical (unpaired) electrons. The standard InChI is InChI=1S/C11H19N3S/c1-15-8-7-10-12-11(14-13-10)9-5-3-2-4-6-9/h9H,2-8H2,1H3,(H,12,13,14). The van der Waals surface area contributed by atoms with Gasteiger partial charge < -0.3 is 0 Å². The number of rotatable bonds is 4. The van der Waals surface area contributed by atoms with Crippen LogP contribution in [0.15, 0.2) is 0 Å². The van der Waals surface area contributed by atoms with E-state index in [0.717, 1.165) is 23.8 Å². The number of nitrogens with one attached hydrogen (secondary N) is 1. The Morgan fingerprint density at radius 3 is 2.87 bits per heavy atom. The molecule has 2 rings (SSSR count). The maximum Gasteiger partial charge on any atom is 0.153 e. The van der Waals surface area contributed by atoms with E-state index < -0.39 is 0 Å². The highest BCUT2D eigenvalue weighted by atomic mass is 32.2. The Balaban J connectivity index is 1.93. The van der Waals surface area contributed by atoms with Crippen molar-refractivity contribution in [2.24, 2.45) is 0 Å². The van der Waals surface area contributed by atoms with Gasteiger partial charge in [0.05, 0.1) is 0 Å². The first-order valence-corrected chi connectivity index (χ1v) is 7.19. The Morgan fingerprint density at radius 1 is 1.33 bits per heavy atom. The SMILES string of the molecule is CSCCc1nc(C2CCCCC2)n[nH]1. The molecule has 4 heteroatoms. The minimum Gasteiger partial charge on any atom is -0.263 e. The summed E-state index contributed by atoms with van der Waals surface area (Å²) >= 11 is 1.85. The third-order valence-electron chi connectivity index (χ3n) is 3.06. The predicted molar refractivity (Wildman–Crippen MR) is 64.3 cm³/mol. The van der Waals surface area contributed by atoms with Crippen LogP contribution in [0.1, 0.15) is 49.7 Å². The highest BCUT2D eigenvalue weighted by molar-refractivity contribution is 7.98. The Morgan fingerprint density at radius 2 is 2.13 bits per heavy atom.